The summed E-state index contributed by atoms with van der Waals surface area (Å²) in [4.78, 5) is -0.127. The Hall–Kier alpha value is 0.726. The van der Waals surface area contributed by atoms with Crippen LogP contribution in [0.25, 0.3) is 0 Å². The number of rotatable bonds is 1. The molecule has 0 aliphatic heterocycles. The van der Waals surface area contributed by atoms with Gasteiger partial charge < -0.3 is 0 Å². The first-order valence-corrected chi connectivity index (χ1v) is 5.86. The van der Waals surface area contributed by atoms with Gasteiger partial charge in [-0.15, -0.1) is 0 Å². The standard InChI is InChI=1S/C6H4Br2O3S.Ga.3H/c7-5-2-1-4(3-6(5)8)12(9,10)11;;;;/h1-3H,(H,9,10,11);;;;. The van der Waals surface area contributed by atoms with E-state index in [0.717, 1.165) is 4.47 Å². The van der Waals surface area contributed by atoms with Crippen molar-refractivity contribution in [1.82, 2.24) is 0 Å². The van der Waals surface area contributed by atoms with Crippen molar-refractivity contribution < 1.29 is 13.0 Å². The molecule has 0 heterocycles. The Morgan fingerprint density at radius 3 is 2.08 bits per heavy atom. The summed E-state index contributed by atoms with van der Waals surface area (Å²) in [5.74, 6) is 0. The summed E-state index contributed by atoms with van der Waals surface area (Å²) in [6, 6.07) is 4.16. The predicted molar refractivity (Wildman–Crippen MR) is 61.6 cm³/mol. The van der Waals surface area contributed by atoms with Gasteiger partial charge in [0, 0.05) is 8.95 Å². The molecule has 0 spiro atoms. The molecule has 72 valence electrons. The van der Waals surface area contributed by atoms with Gasteiger partial charge in [0.15, 0.2) is 0 Å². The van der Waals surface area contributed by atoms with E-state index in [-0.39, 0.29) is 24.7 Å². The van der Waals surface area contributed by atoms with E-state index in [1.54, 1.807) is 0 Å². The summed E-state index contributed by atoms with van der Waals surface area (Å²) in [7, 11) is -4.09. The summed E-state index contributed by atoms with van der Waals surface area (Å²) in [5.41, 5.74) is 0. The summed E-state index contributed by atoms with van der Waals surface area (Å²) in [6.07, 6.45) is 0. The van der Waals surface area contributed by atoms with E-state index in [2.05, 4.69) is 31.9 Å². The molecule has 0 atom stereocenters. The first-order valence-electron chi connectivity index (χ1n) is 2.84. The van der Waals surface area contributed by atoms with Gasteiger partial charge in [-0.1, -0.05) is 0 Å². The molecule has 0 aliphatic rings. The van der Waals surface area contributed by atoms with Crippen LogP contribution < -0.4 is 0 Å². The molecular formula is C6H7Br2GaO3S. The summed E-state index contributed by atoms with van der Waals surface area (Å²) in [5, 5.41) is 0. The van der Waals surface area contributed by atoms with Crippen molar-refractivity contribution in [3.63, 3.8) is 0 Å². The Morgan fingerprint density at radius 2 is 1.69 bits per heavy atom. The van der Waals surface area contributed by atoms with Crippen LogP contribution in [0.4, 0.5) is 0 Å². The quantitative estimate of drug-likeness (QED) is 0.582. The number of benzene rings is 1. The van der Waals surface area contributed by atoms with Gasteiger partial charge in [0.2, 0.25) is 0 Å². The van der Waals surface area contributed by atoms with Gasteiger partial charge in [-0.2, -0.15) is 8.42 Å². The Kier molecular flexibility index (Phi) is 5.27. The average Bonchev–Trinajstić information content (AvgIpc) is 1.92. The average molecular weight is 389 g/mol. The molecule has 0 unspecified atom stereocenters. The third-order valence-electron chi connectivity index (χ3n) is 1.19. The van der Waals surface area contributed by atoms with Gasteiger partial charge in [-0.05, 0) is 50.1 Å². The van der Waals surface area contributed by atoms with E-state index in [1.165, 1.54) is 18.2 Å². The van der Waals surface area contributed by atoms with E-state index in [4.69, 9.17) is 4.55 Å². The van der Waals surface area contributed by atoms with Gasteiger partial charge in [-0.25, -0.2) is 0 Å². The number of halogens is 2. The van der Waals surface area contributed by atoms with Crippen LogP contribution in [0.5, 0.6) is 0 Å². The molecule has 13 heavy (non-hydrogen) atoms. The molecule has 7 heteroatoms. The van der Waals surface area contributed by atoms with Gasteiger partial charge in [0.1, 0.15) is 0 Å². The van der Waals surface area contributed by atoms with Crippen LogP contribution in [-0.2, 0) is 10.1 Å². The Balaban J connectivity index is 0.00000144. The van der Waals surface area contributed by atoms with Crippen molar-refractivity contribution in [2.75, 3.05) is 0 Å². The molecule has 0 radical (unpaired) electrons. The van der Waals surface area contributed by atoms with Crippen molar-refractivity contribution >= 4 is 61.8 Å². The summed E-state index contributed by atoms with van der Waals surface area (Å²) < 4.78 is 31.2. The normalized spacial score (nSPS) is 10.7. The molecule has 0 saturated carbocycles. The van der Waals surface area contributed by atoms with E-state index in [0.29, 0.717) is 4.47 Å². The first kappa shape index (κ1) is 13.7. The zero-order valence-electron chi connectivity index (χ0n) is 5.66. The van der Waals surface area contributed by atoms with Crippen molar-refractivity contribution in [3.8, 4) is 0 Å². The van der Waals surface area contributed by atoms with E-state index < -0.39 is 10.1 Å². The zero-order chi connectivity index (χ0) is 9.35. The zero-order valence-corrected chi connectivity index (χ0v) is 9.65. The molecule has 0 saturated heterocycles. The molecular weight excluding hydrogens is 382 g/mol. The Bertz CT molecular complexity index is 404. The molecule has 1 aromatic rings. The predicted octanol–water partition coefficient (Wildman–Crippen LogP) is 1.27. The van der Waals surface area contributed by atoms with Crippen molar-refractivity contribution in [1.29, 1.82) is 0 Å². The molecule has 0 aromatic heterocycles. The molecule has 1 N–H and O–H groups in total. The van der Waals surface area contributed by atoms with Crippen LogP contribution >= 0.6 is 31.9 Å². The fraction of sp³-hybridized carbons (Fsp3) is 0. The van der Waals surface area contributed by atoms with E-state index in [1.807, 2.05) is 0 Å². The molecule has 0 aliphatic carbocycles. The molecule has 0 fully saturated rings. The van der Waals surface area contributed by atoms with Gasteiger partial charge >= 0.3 is 19.8 Å². The van der Waals surface area contributed by atoms with Crippen LogP contribution in [0.3, 0.4) is 0 Å². The van der Waals surface area contributed by atoms with Crippen LogP contribution in [0.15, 0.2) is 32.0 Å². The minimum atomic E-state index is -4.09. The summed E-state index contributed by atoms with van der Waals surface area (Å²) >= 11 is 6.29. The van der Waals surface area contributed by atoms with Gasteiger partial charge in [0.25, 0.3) is 10.1 Å². The van der Waals surface area contributed by atoms with Gasteiger partial charge in [0.05, 0.1) is 4.90 Å². The number of hydrogen-bond acceptors (Lipinski definition) is 2. The fourth-order valence-electron chi connectivity index (χ4n) is 0.637. The second kappa shape index (κ2) is 4.99. The monoisotopic (exact) mass is 386 g/mol. The van der Waals surface area contributed by atoms with Crippen LogP contribution in [0, 0.1) is 0 Å². The third-order valence-corrected chi connectivity index (χ3v) is 3.92. The van der Waals surface area contributed by atoms with Crippen molar-refractivity contribution in [2.24, 2.45) is 0 Å². The van der Waals surface area contributed by atoms with E-state index >= 15 is 0 Å². The van der Waals surface area contributed by atoms with Crippen LogP contribution in [-0.4, -0.2) is 32.8 Å². The Labute approximate surface area is 106 Å². The minimum absolute atomic E-state index is 0. The maximum atomic E-state index is 10.6. The molecule has 1 rings (SSSR count). The SMILES string of the molecule is O=S(=O)(O)c1ccc(Br)c(Br)c1.[GaH3]. The first-order chi connectivity index (χ1) is 5.41. The molecule has 3 nitrogen and oxygen atoms in total. The molecule has 0 amide bonds. The maximum absolute atomic E-state index is 10.6. The third kappa shape index (κ3) is 3.76. The fourth-order valence-corrected chi connectivity index (χ4v) is 1.92. The number of hydrogen-bond donors (Lipinski definition) is 1. The Morgan fingerprint density at radius 1 is 1.15 bits per heavy atom. The second-order valence-corrected chi connectivity index (χ2v) is 5.18. The summed E-state index contributed by atoms with van der Waals surface area (Å²) in [6.45, 7) is 0. The topological polar surface area (TPSA) is 54.4 Å². The van der Waals surface area contributed by atoms with Gasteiger partial charge in [-0.3, -0.25) is 4.55 Å². The van der Waals surface area contributed by atoms with Crippen LogP contribution in [0.2, 0.25) is 0 Å². The second-order valence-electron chi connectivity index (χ2n) is 2.05. The molecule has 1 aromatic carbocycles. The van der Waals surface area contributed by atoms with Crippen LogP contribution in [0.1, 0.15) is 0 Å². The van der Waals surface area contributed by atoms with Crippen molar-refractivity contribution in [3.05, 3.63) is 27.1 Å². The molecule has 0 bridgehead atoms. The van der Waals surface area contributed by atoms with Crippen molar-refractivity contribution in [2.45, 2.75) is 4.90 Å². The van der Waals surface area contributed by atoms with E-state index in [9.17, 15) is 8.42 Å².